The van der Waals surface area contributed by atoms with Gasteiger partial charge in [-0.05, 0) is 63.9 Å². The largest absolute Gasteiger partial charge is 0.460 e. The summed E-state index contributed by atoms with van der Waals surface area (Å²) in [6.45, 7) is 2.81. The van der Waals surface area contributed by atoms with Crippen molar-refractivity contribution in [1.29, 1.82) is 0 Å². The summed E-state index contributed by atoms with van der Waals surface area (Å²) in [6.07, 6.45) is 1.12. The number of nitrogens with zero attached hydrogens (tertiary/aromatic N) is 1. The molecule has 1 heterocycles. The first-order valence-corrected chi connectivity index (χ1v) is 8.13. The molecule has 0 aliphatic carbocycles. The van der Waals surface area contributed by atoms with Gasteiger partial charge in [0.05, 0.1) is 11.6 Å². The van der Waals surface area contributed by atoms with E-state index in [0.717, 1.165) is 47.6 Å². The first kappa shape index (κ1) is 22.8. The highest BCUT2D eigenvalue weighted by Gasteiger charge is 2.08. The summed E-state index contributed by atoms with van der Waals surface area (Å²) in [5.41, 5.74) is 0.915. The fourth-order valence-corrected chi connectivity index (χ4v) is 2.81. The van der Waals surface area contributed by atoms with E-state index >= 15 is 0 Å². The van der Waals surface area contributed by atoms with E-state index in [0.29, 0.717) is 5.02 Å². The first-order valence-electron chi connectivity index (χ1n) is 6.96. The molecule has 1 aromatic carbocycles. The molecule has 0 saturated carbocycles. The van der Waals surface area contributed by atoms with Crippen LogP contribution in [0, 0.1) is 0 Å². The highest BCUT2D eigenvalue weighted by molar-refractivity contribution is 9.10. The van der Waals surface area contributed by atoms with Crippen molar-refractivity contribution in [3.05, 3.63) is 45.6 Å². The third kappa shape index (κ3) is 7.46. The van der Waals surface area contributed by atoms with E-state index in [-0.39, 0.29) is 24.8 Å². The fourth-order valence-electron chi connectivity index (χ4n) is 2.04. The quantitative estimate of drug-likeness (QED) is 0.592. The van der Waals surface area contributed by atoms with Gasteiger partial charge in [0.1, 0.15) is 11.5 Å². The first-order chi connectivity index (χ1) is 10.1. The molecule has 0 aliphatic heterocycles. The highest BCUT2D eigenvalue weighted by atomic mass is 79.9. The van der Waals surface area contributed by atoms with E-state index < -0.39 is 0 Å². The zero-order chi connectivity index (χ0) is 15.2. The summed E-state index contributed by atoms with van der Waals surface area (Å²) < 4.78 is 6.81. The third-order valence-corrected chi connectivity index (χ3v) is 3.92. The van der Waals surface area contributed by atoms with Crippen LogP contribution < -0.4 is 5.32 Å². The molecule has 2 rings (SSSR count). The Balaban J connectivity index is 0.00000242. The van der Waals surface area contributed by atoms with Crippen LogP contribution in [0.1, 0.15) is 12.2 Å². The maximum atomic E-state index is 6.24. The summed E-state index contributed by atoms with van der Waals surface area (Å²) in [4.78, 5) is 2.18. The van der Waals surface area contributed by atoms with Gasteiger partial charge in [0.2, 0.25) is 0 Å². The lowest BCUT2D eigenvalue weighted by Crippen LogP contribution is -2.20. The van der Waals surface area contributed by atoms with E-state index in [1.165, 1.54) is 0 Å². The maximum absolute atomic E-state index is 6.24. The Labute approximate surface area is 163 Å². The van der Waals surface area contributed by atoms with Crippen molar-refractivity contribution in [3.63, 3.8) is 0 Å². The second kappa shape index (κ2) is 11.3. The van der Waals surface area contributed by atoms with Gasteiger partial charge in [0, 0.05) is 10.0 Å². The summed E-state index contributed by atoms with van der Waals surface area (Å²) in [5.74, 6) is 1.73. The van der Waals surface area contributed by atoms with E-state index in [1.54, 1.807) is 0 Å². The van der Waals surface area contributed by atoms with Crippen LogP contribution in [0.4, 0.5) is 0 Å². The second-order valence-electron chi connectivity index (χ2n) is 5.22. The van der Waals surface area contributed by atoms with Gasteiger partial charge in [0.25, 0.3) is 0 Å². The van der Waals surface area contributed by atoms with Crippen LogP contribution in [0.2, 0.25) is 5.02 Å². The highest BCUT2D eigenvalue weighted by Crippen LogP contribution is 2.31. The average molecular weight is 445 g/mol. The number of furan rings is 1. The molecule has 3 nitrogen and oxygen atoms in total. The van der Waals surface area contributed by atoms with Gasteiger partial charge in [0.15, 0.2) is 0 Å². The van der Waals surface area contributed by atoms with E-state index in [2.05, 4.69) is 40.2 Å². The summed E-state index contributed by atoms with van der Waals surface area (Å²) in [7, 11) is 4.17. The number of hydrogen-bond donors (Lipinski definition) is 1. The number of hydrogen-bond acceptors (Lipinski definition) is 3. The van der Waals surface area contributed by atoms with Gasteiger partial charge >= 0.3 is 0 Å². The van der Waals surface area contributed by atoms with Gasteiger partial charge in [-0.2, -0.15) is 0 Å². The normalized spacial score (nSPS) is 10.3. The molecule has 1 aromatic heterocycles. The van der Waals surface area contributed by atoms with Crippen LogP contribution in [-0.4, -0.2) is 32.1 Å². The lowest BCUT2D eigenvalue weighted by Gasteiger charge is -2.09. The van der Waals surface area contributed by atoms with Crippen LogP contribution in [0.3, 0.4) is 0 Å². The zero-order valence-corrected chi connectivity index (χ0v) is 17.1. The van der Waals surface area contributed by atoms with Crippen LogP contribution in [-0.2, 0) is 6.54 Å². The molecular formula is C16H22BrCl3N2O. The third-order valence-electron chi connectivity index (χ3n) is 3.12. The SMILES string of the molecule is CN(C)CCCNCc1ccc(-c2ccc(Br)cc2Cl)o1.Cl.Cl. The van der Waals surface area contributed by atoms with Gasteiger partial charge < -0.3 is 14.6 Å². The van der Waals surface area contributed by atoms with Crippen molar-refractivity contribution in [2.24, 2.45) is 0 Å². The predicted molar refractivity (Wildman–Crippen MR) is 106 cm³/mol. The summed E-state index contributed by atoms with van der Waals surface area (Å²) in [5, 5.41) is 4.07. The van der Waals surface area contributed by atoms with Crippen LogP contribution in [0.15, 0.2) is 39.2 Å². The molecular weight excluding hydrogens is 422 g/mol. The minimum Gasteiger partial charge on any atom is -0.460 e. The van der Waals surface area contributed by atoms with Crippen LogP contribution in [0.25, 0.3) is 11.3 Å². The van der Waals surface area contributed by atoms with E-state index in [1.807, 2.05) is 30.3 Å². The van der Waals surface area contributed by atoms with Crippen molar-refractivity contribution in [1.82, 2.24) is 10.2 Å². The van der Waals surface area contributed by atoms with E-state index in [9.17, 15) is 0 Å². The van der Waals surface area contributed by atoms with Gasteiger partial charge in [-0.15, -0.1) is 24.8 Å². The predicted octanol–water partition coefficient (Wildman–Crippen LogP) is 5.25. The Morgan fingerprint density at radius 2 is 1.91 bits per heavy atom. The maximum Gasteiger partial charge on any atom is 0.135 e. The number of rotatable bonds is 7. The van der Waals surface area contributed by atoms with E-state index in [4.69, 9.17) is 16.0 Å². The molecule has 0 fully saturated rings. The Bertz CT molecular complexity index is 590. The molecule has 0 bridgehead atoms. The lowest BCUT2D eigenvalue weighted by molar-refractivity contribution is 0.391. The van der Waals surface area contributed by atoms with Crippen molar-refractivity contribution in [2.45, 2.75) is 13.0 Å². The molecule has 0 atom stereocenters. The molecule has 0 amide bonds. The molecule has 2 aromatic rings. The fraction of sp³-hybridized carbons (Fsp3) is 0.375. The topological polar surface area (TPSA) is 28.4 Å². The monoisotopic (exact) mass is 442 g/mol. The second-order valence-corrected chi connectivity index (χ2v) is 6.55. The molecule has 0 unspecified atom stereocenters. The van der Waals surface area contributed by atoms with Crippen LogP contribution >= 0.6 is 52.3 Å². The lowest BCUT2D eigenvalue weighted by atomic mass is 10.2. The Morgan fingerprint density at radius 1 is 1.17 bits per heavy atom. The summed E-state index contributed by atoms with van der Waals surface area (Å²) >= 11 is 9.64. The number of nitrogens with one attached hydrogen (secondary N) is 1. The van der Waals surface area contributed by atoms with Gasteiger partial charge in [-0.25, -0.2) is 0 Å². The smallest absolute Gasteiger partial charge is 0.135 e. The zero-order valence-electron chi connectivity index (χ0n) is 13.1. The van der Waals surface area contributed by atoms with Crippen molar-refractivity contribution in [3.8, 4) is 11.3 Å². The van der Waals surface area contributed by atoms with Crippen molar-refractivity contribution >= 4 is 52.3 Å². The van der Waals surface area contributed by atoms with Crippen molar-refractivity contribution in [2.75, 3.05) is 27.2 Å². The molecule has 0 radical (unpaired) electrons. The van der Waals surface area contributed by atoms with Crippen molar-refractivity contribution < 1.29 is 4.42 Å². The molecule has 7 heteroatoms. The minimum absolute atomic E-state index is 0. The molecule has 1 N–H and O–H groups in total. The Hall–Kier alpha value is -0.230. The molecule has 0 spiro atoms. The van der Waals surface area contributed by atoms with Crippen LogP contribution in [0.5, 0.6) is 0 Å². The van der Waals surface area contributed by atoms with Gasteiger partial charge in [-0.3, -0.25) is 0 Å². The molecule has 23 heavy (non-hydrogen) atoms. The molecule has 130 valence electrons. The standard InChI is InChI=1S/C16H20BrClN2O.2ClH/c1-20(2)9-3-8-19-11-13-5-7-16(21-13)14-6-4-12(17)10-15(14)18;;/h4-7,10,19H,3,8-9,11H2,1-2H3;2*1H. The summed E-state index contributed by atoms with van der Waals surface area (Å²) in [6, 6.07) is 9.75. The van der Waals surface area contributed by atoms with Gasteiger partial charge in [-0.1, -0.05) is 27.5 Å². The Morgan fingerprint density at radius 3 is 2.57 bits per heavy atom. The number of benzene rings is 1. The number of halogens is 4. The Kier molecular flexibility index (Phi) is 11.2. The molecule has 0 aliphatic rings. The minimum atomic E-state index is 0. The average Bonchev–Trinajstić information content (AvgIpc) is 2.86. The molecule has 0 saturated heterocycles.